The zero-order valence-electron chi connectivity index (χ0n) is 13.4. The Kier molecular flexibility index (Phi) is 5.28. The summed E-state index contributed by atoms with van der Waals surface area (Å²) in [7, 11) is -2.53. The number of amides is 1. The maximum atomic E-state index is 12.5. The van der Waals surface area contributed by atoms with Crippen LogP contribution in [-0.2, 0) is 14.8 Å². The van der Waals surface area contributed by atoms with Crippen LogP contribution in [0.4, 0.5) is 11.4 Å². The molecule has 2 aromatic carbocycles. The van der Waals surface area contributed by atoms with Crippen LogP contribution in [0, 0.1) is 0 Å². The van der Waals surface area contributed by atoms with E-state index in [2.05, 4.69) is 10.0 Å². The van der Waals surface area contributed by atoms with Gasteiger partial charge < -0.3 is 15.2 Å². The van der Waals surface area contributed by atoms with E-state index >= 15 is 0 Å². The quantitative estimate of drug-likeness (QED) is 0.722. The second-order valence-electron chi connectivity index (χ2n) is 5.03. The van der Waals surface area contributed by atoms with E-state index in [4.69, 9.17) is 9.84 Å². The fraction of sp³-hybridized carbons (Fsp3) is 0.125. The Balaban J connectivity index is 2.32. The zero-order valence-corrected chi connectivity index (χ0v) is 14.3. The lowest BCUT2D eigenvalue weighted by Gasteiger charge is -2.12. The molecule has 0 radical (unpaired) electrons. The molecular weight excluding hydrogens is 348 g/mol. The topological polar surface area (TPSA) is 122 Å². The van der Waals surface area contributed by atoms with E-state index < -0.39 is 16.0 Å². The van der Waals surface area contributed by atoms with E-state index in [1.165, 1.54) is 56.5 Å². The highest BCUT2D eigenvalue weighted by Gasteiger charge is 2.17. The molecule has 0 aromatic heterocycles. The van der Waals surface area contributed by atoms with E-state index in [9.17, 15) is 18.0 Å². The lowest BCUT2D eigenvalue weighted by Crippen LogP contribution is -2.14. The standard InChI is InChI=1S/C16H16N2O6S/c1-10(19)17-14-9-13(7-8-15(14)24-2)25(22,23)18-12-5-3-11(4-6-12)16(20)21/h3-9,18H,1-2H3,(H,17,19)(H,20,21). The summed E-state index contributed by atoms with van der Waals surface area (Å²) in [4.78, 5) is 22.0. The van der Waals surface area contributed by atoms with Crippen LogP contribution >= 0.6 is 0 Å². The first-order valence-electron chi connectivity index (χ1n) is 7.05. The van der Waals surface area contributed by atoms with Gasteiger partial charge in [-0.25, -0.2) is 13.2 Å². The van der Waals surface area contributed by atoms with Gasteiger partial charge in [-0.2, -0.15) is 0 Å². The van der Waals surface area contributed by atoms with Gasteiger partial charge in [0.15, 0.2) is 0 Å². The van der Waals surface area contributed by atoms with Gasteiger partial charge in [-0.3, -0.25) is 9.52 Å². The minimum Gasteiger partial charge on any atom is -0.495 e. The molecule has 8 nitrogen and oxygen atoms in total. The van der Waals surface area contributed by atoms with Crippen molar-refractivity contribution in [2.24, 2.45) is 0 Å². The largest absolute Gasteiger partial charge is 0.495 e. The Morgan fingerprint density at radius 1 is 1.08 bits per heavy atom. The molecule has 25 heavy (non-hydrogen) atoms. The van der Waals surface area contributed by atoms with Crippen molar-refractivity contribution in [1.82, 2.24) is 0 Å². The van der Waals surface area contributed by atoms with Crippen LogP contribution in [0.15, 0.2) is 47.4 Å². The Bertz CT molecular complexity index is 907. The van der Waals surface area contributed by atoms with Gasteiger partial charge >= 0.3 is 5.97 Å². The molecule has 1 amide bonds. The Labute approximate surface area is 144 Å². The highest BCUT2D eigenvalue weighted by atomic mass is 32.2. The molecule has 0 aliphatic heterocycles. The second-order valence-corrected chi connectivity index (χ2v) is 6.71. The van der Waals surface area contributed by atoms with Crippen molar-refractivity contribution in [3.63, 3.8) is 0 Å². The average molecular weight is 364 g/mol. The molecule has 0 unspecified atom stereocenters. The Morgan fingerprint density at radius 2 is 1.72 bits per heavy atom. The molecule has 0 atom stereocenters. The van der Waals surface area contributed by atoms with Crippen LogP contribution in [-0.4, -0.2) is 32.5 Å². The number of nitrogens with one attached hydrogen (secondary N) is 2. The zero-order chi connectivity index (χ0) is 18.6. The van der Waals surface area contributed by atoms with Gasteiger partial charge in [-0.15, -0.1) is 0 Å². The number of benzene rings is 2. The van der Waals surface area contributed by atoms with Crippen LogP contribution in [0.25, 0.3) is 0 Å². The predicted octanol–water partition coefficient (Wildman–Crippen LogP) is 2.15. The number of sulfonamides is 1. The van der Waals surface area contributed by atoms with Crippen molar-refractivity contribution in [3.05, 3.63) is 48.0 Å². The molecule has 0 bridgehead atoms. The van der Waals surface area contributed by atoms with Crippen molar-refractivity contribution >= 4 is 33.3 Å². The molecule has 2 rings (SSSR count). The SMILES string of the molecule is COc1ccc(S(=O)(=O)Nc2ccc(C(=O)O)cc2)cc1NC(C)=O. The van der Waals surface area contributed by atoms with E-state index in [1.807, 2.05) is 0 Å². The van der Waals surface area contributed by atoms with Crippen molar-refractivity contribution in [1.29, 1.82) is 0 Å². The van der Waals surface area contributed by atoms with Gasteiger partial charge in [0.05, 0.1) is 23.3 Å². The fourth-order valence-corrected chi connectivity index (χ4v) is 3.12. The number of carboxylic acids is 1. The molecule has 0 fully saturated rings. The maximum Gasteiger partial charge on any atom is 0.335 e. The number of carbonyl (C=O) groups excluding carboxylic acids is 1. The van der Waals surface area contributed by atoms with E-state index in [-0.39, 0.29) is 27.7 Å². The summed E-state index contributed by atoms with van der Waals surface area (Å²) < 4.78 is 32.4. The summed E-state index contributed by atoms with van der Waals surface area (Å²) in [5.74, 6) is -1.16. The summed E-state index contributed by atoms with van der Waals surface area (Å²) in [6.07, 6.45) is 0. The summed E-state index contributed by atoms with van der Waals surface area (Å²) in [5, 5.41) is 11.4. The van der Waals surface area contributed by atoms with Gasteiger partial charge in [-0.05, 0) is 42.5 Å². The molecule has 9 heteroatoms. The Hall–Kier alpha value is -3.07. The molecule has 0 aliphatic carbocycles. The van der Waals surface area contributed by atoms with E-state index in [0.29, 0.717) is 5.75 Å². The normalized spacial score (nSPS) is 10.8. The number of carboxylic acid groups (broad SMARTS) is 1. The van der Waals surface area contributed by atoms with Gasteiger partial charge in [0.1, 0.15) is 5.75 Å². The molecule has 0 heterocycles. The molecule has 0 saturated carbocycles. The van der Waals surface area contributed by atoms with Crippen LogP contribution in [0.2, 0.25) is 0 Å². The first-order chi connectivity index (χ1) is 11.7. The third kappa shape index (κ3) is 4.48. The monoisotopic (exact) mass is 364 g/mol. The van der Waals surface area contributed by atoms with Gasteiger partial charge in [0.2, 0.25) is 5.91 Å². The van der Waals surface area contributed by atoms with Crippen LogP contribution in [0.3, 0.4) is 0 Å². The molecule has 3 N–H and O–H groups in total. The molecule has 2 aromatic rings. The minimum absolute atomic E-state index is 0.0420. The number of aromatic carboxylic acids is 1. The third-order valence-corrected chi connectivity index (χ3v) is 4.55. The maximum absolute atomic E-state index is 12.5. The average Bonchev–Trinajstić information content (AvgIpc) is 2.54. The molecular formula is C16H16N2O6S. The highest BCUT2D eigenvalue weighted by Crippen LogP contribution is 2.28. The number of ether oxygens (including phenoxy) is 1. The van der Waals surface area contributed by atoms with Gasteiger partial charge in [0.25, 0.3) is 10.0 Å². The lowest BCUT2D eigenvalue weighted by atomic mass is 10.2. The first-order valence-corrected chi connectivity index (χ1v) is 8.53. The number of methoxy groups -OCH3 is 1. The lowest BCUT2D eigenvalue weighted by molar-refractivity contribution is -0.114. The van der Waals surface area contributed by atoms with Crippen LogP contribution in [0.5, 0.6) is 5.75 Å². The third-order valence-electron chi connectivity index (χ3n) is 3.18. The minimum atomic E-state index is -3.93. The molecule has 0 spiro atoms. The summed E-state index contributed by atoms with van der Waals surface area (Å²) in [6, 6.07) is 9.30. The summed E-state index contributed by atoms with van der Waals surface area (Å²) in [5.41, 5.74) is 0.473. The number of anilines is 2. The van der Waals surface area contributed by atoms with E-state index in [0.717, 1.165) is 0 Å². The van der Waals surface area contributed by atoms with E-state index in [1.54, 1.807) is 0 Å². The highest BCUT2D eigenvalue weighted by molar-refractivity contribution is 7.92. The van der Waals surface area contributed by atoms with Gasteiger partial charge in [0, 0.05) is 12.6 Å². The number of carbonyl (C=O) groups is 2. The molecule has 0 saturated heterocycles. The van der Waals surface area contributed by atoms with Crippen LogP contribution in [0.1, 0.15) is 17.3 Å². The number of rotatable bonds is 6. The van der Waals surface area contributed by atoms with Crippen molar-refractivity contribution in [2.75, 3.05) is 17.1 Å². The smallest absolute Gasteiger partial charge is 0.335 e. The number of hydrogen-bond acceptors (Lipinski definition) is 5. The van der Waals surface area contributed by atoms with Crippen molar-refractivity contribution in [2.45, 2.75) is 11.8 Å². The predicted molar refractivity (Wildman–Crippen MR) is 91.5 cm³/mol. The molecule has 0 aliphatic rings. The van der Waals surface area contributed by atoms with Gasteiger partial charge in [-0.1, -0.05) is 0 Å². The second kappa shape index (κ2) is 7.22. The van der Waals surface area contributed by atoms with Crippen LogP contribution < -0.4 is 14.8 Å². The summed E-state index contributed by atoms with van der Waals surface area (Å²) in [6.45, 7) is 1.29. The fourth-order valence-electron chi connectivity index (χ4n) is 2.04. The first kappa shape index (κ1) is 18.3. The van der Waals surface area contributed by atoms with Crippen molar-refractivity contribution in [3.8, 4) is 5.75 Å². The molecule has 132 valence electrons. The Morgan fingerprint density at radius 3 is 2.24 bits per heavy atom. The number of hydrogen-bond donors (Lipinski definition) is 3. The summed E-state index contributed by atoms with van der Waals surface area (Å²) >= 11 is 0. The van der Waals surface area contributed by atoms with Crippen molar-refractivity contribution < 1.29 is 27.9 Å².